The predicted molar refractivity (Wildman–Crippen MR) is 35.8 cm³/mol. The number of hydrogen-bond acceptors (Lipinski definition) is 2. The Hall–Kier alpha value is -0.780. The second-order valence-electron chi connectivity index (χ2n) is 2.26. The SMILES string of the molecule is O=C(O)CCNCCC(F)(F)F. The molecule has 0 saturated heterocycles. The van der Waals surface area contributed by atoms with Gasteiger partial charge in [-0.1, -0.05) is 0 Å². The summed E-state index contributed by atoms with van der Waals surface area (Å²) in [5.74, 6) is -1.02. The lowest BCUT2D eigenvalue weighted by atomic mass is 10.4. The van der Waals surface area contributed by atoms with Crippen molar-refractivity contribution in [1.82, 2.24) is 5.32 Å². The van der Waals surface area contributed by atoms with Gasteiger partial charge in [-0.25, -0.2) is 0 Å². The number of nitrogens with one attached hydrogen (secondary N) is 1. The Balaban J connectivity index is 3.17. The Bertz CT molecular complexity index is 146. The fourth-order valence-corrected chi connectivity index (χ4v) is 0.550. The first-order valence-electron chi connectivity index (χ1n) is 3.41. The molecule has 0 bridgehead atoms. The molecule has 12 heavy (non-hydrogen) atoms. The molecular weight excluding hydrogens is 175 g/mol. The highest BCUT2D eigenvalue weighted by atomic mass is 19.4. The van der Waals surface area contributed by atoms with Gasteiger partial charge in [-0.05, 0) is 0 Å². The second kappa shape index (κ2) is 4.97. The molecule has 0 aliphatic carbocycles. The second-order valence-corrected chi connectivity index (χ2v) is 2.26. The monoisotopic (exact) mass is 185 g/mol. The predicted octanol–water partition coefficient (Wildman–Crippen LogP) is 1.00. The molecule has 6 heteroatoms. The Morgan fingerprint density at radius 3 is 2.33 bits per heavy atom. The van der Waals surface area contributed by atoms with Gasteiger partial charge >= 0.3 is 12.1 Å². The van der Waals surface area contributed by atoms with E-state index in [1.807, 2.05) is 0 Å². The van der Waals surface area contributed by atoms with Crippen molar-refractivity contribution in [2.75, 3.05) is 13.1 Å². The minimum absolute atomic E-state index is 0.0748. The summed E-state index contributed by atoms with van der Waals surface area (Å²) in [5, 5.41) is 10.5. The van der Waals surface area contributed by atoms with Crippen molar-refractivity contribution in [3.63, 3.8) is 0 Å². The summed E-state index contributed by atoms with van der Waals surface area (Å²) in [6.45, 7) is -0.151. The molecule has 0 spiro atoms. The lowest BCUT2D eigenvalue weighted by molar-refractivity contribution is -0.136. The van der Waals surface area contributed by atoms with Gasteiger partial charge in [0.25, 0.3) is 0 Å². The lowest BCUT2D eigenvalue weighted by Gasteiger charge is -2.05. The molecule has 0 unspecified atom stereocenters. The maximum atomic E-state index is 11.5. The smallest absolute Gasteiger partial charge is 0.390 e. The minimum Gasteiger partial charge on any atom is -0.481 e. The van der Waals surface area contributed by atoms with Gasteiger partial charge in [-0.2, -0.15) is 13.2 Å². The molecule has 0 aromatic carbocycles. The molecule has 0 aromatic rings. The van der Waals surface area contributed by atoms with Crippen LogP contribution < -0.4 is 5.32 Å². The molecule has 0 rings (SSSR count). The van der Waals surface area contributed by atoms with E-state index in [2.05, 4.69) is 5.32 Å². The van der Waals surface area contributed by atoms with E-state index in [1.165, 1.54) is 0 Å². The highest BCUT2D eigenvalue weighted by Crippen LogP contribution is 2.17. The molecule has 2 N–H and O–H groups in total. The van der Waals surface area contributed by atoms with Crippen molar-refractivity contribution in [2.24, 2.45) is 0 Å². The number of aliphatic carboxylic acids is 1. The Morgan fingerprint density at radius 2 is 1.92 bits per heavy atom. The van der Waals surface area contributed by atoms with Gasteiger partial charge in [-0.15, -0.1) is 0 Å². The largest absolute Gasteiger partial charge is 0.481 e. The third kappa shape index (κ3) is 9.22. The van der Waals surface area contributed by atoms with Crippen LogP contribution in [-0.4, -0.2) is 30.3 Å². The average Bonchev–Trinajstić information content (AvgIpc) is 1.83. The topological polar surface area (TPSA) is 49.3 Å². The zero-order valence-electron chi connectivity index (χ0n) is 6.32. The lowest BCUT2D eigenvalue weighted by Crippen LogP contribution is -2.23. The first-order chi connectivity index (χ1) is 5.42. The molecule has 0 heterocycles. The molecule has 0 amide bonds. The van der Waals surface area contributed by atoms with Crippen molar-refractivity contribution in [3.05, 3.63) is 0 Å². The van der Waals surface area contributed by atoms with E-state index >= 15 is 0 Å². The molecular formula is C6H10F3NO2. The molecule has 3 nitrogen and oxygen atoms in total. The van der Waals surface area contributed by atoms with E-state index in [1.54, 1.807) is 0 Å². The zero-order valence-corrected chi connectivity index (χ0v) is 6.32. The summed E-state index contributed by atoms with van der Waals surface area (Å²) in [5.41, 5.74) is 0. The molecule has 0 atom stereocenters. The fourth-order valence-electron chi connectivity index (χ4n) is 0.550. The highest BCUT2D eigenvalue weighted by Gasteiger charge is 2.25. The third-order valence-corrected chi connectivity index (χ3v) is 1.10. The Kier molecular flexibility index (Phi) is 4.65. The number of carboxylic acids is 1. The maximum absolute atomic E-state index is 11.5. The van der Waals surface area contributed by atoms with Gasteiger partial charge in [0.05, 0.1) is 12.8 Å². The van der Waals surface area contributed by atoms with Crippen LogP contribution in [0.3, 0.4) is 0 Å². The summed E-state index contributed by atoms with van der Waals surface area (Å²) in [6, 6.07) is 0. The summed E-state index contributed by atoms with van der Waals surface area (Å²) in [7, 11) is 0. The third-order valence-electron chi connectivity index (χ3n) is 1.10. The van der Waals surface area contributed by atoms with Crippen LogP contribution in [0, 0.1) is 0 Å². The molecule has 0 saturated carbocycles. The zero-order chi connectivity index (χ0) is 9.61. The first kappa shape index (κ1) is 11.2. The summed E-state index contributed by atoms with van der Waals surface area (Å²) in [6.07, 6.45) is -5.25. The Labute approximate surface area is 67.6 Å². The van der Waals surface area contributed by atoms with Crippen LogP contribution in [0.2, 0.25) is 0 Å². The Morgan fingerprint density at radius 1 is 1.33 bits per heavy atom. The van der Waals surface area contributed by atoms with Crippen LogP contribution >= 0.6 is 0 Å². The standard InChI is InChI=1S/C6H10F3NO2/c7-6(8,9)2-4-10-3-1-5(11)12/h10H,1-4H2,(H,11,12). The molecule has 0 fully saturated rings. The van der Waals surface area contributed by atoms with Gasteiger partial charge < -0.3 is 10.4 Å². The molecule has 0 radical (unpaired) electrons. The molecule has 0 aliphatic heterocycles. The van der Waals surface area contributed by atoms with Crippen LogP contribution in [0.15, 0.2) is 0 Å². The van der Waals surface area contributed by atoms with Crippen LogP contribution in [0.4, 0.5) is 13.2 Å². The fraction of sp³-hybridized carbons (Fsp3) is 0.833. The van der Waals surface area contributed by atoms with E-state index in [0.29, 0.717) is 0 Å². The summed E-state index contributed by atoms with van der Waals surface area (Å²) < 4.78 is 34.5. The van der Waals surface area contributed by atoms with Gasteiger partial charge in [0.15, 0.2) is 0 Å². The number of rotatable bonds is 5. The van der Waals surface area contributed by atoms with E-state index in [0.717, 1.165) is 0 Å². The van der Waals surface area contributed by atoms with E-state index in [9.17, 15) is 18.0 Å². The summed E-state index contributed by atoms with van der Waals surface area (Å²) in [4.78, 5) is 9.90. The normalized spacial score (nSPS) is 11.6. The molecule has 72 valence electrons. The molecule has 0 aromatic heterocycles. The van der Waals surface area contributed by atoms with E-state index in [-0.39, 0.29) is 19.5 Å². The number of hydrogen-bond donors (Lipinski definition) is 2. The highest BCUT2D eigenvalue weighted by molar-refractivity contribution is 5.66. The van der Waals surface area contributed by atoms with Crippen LogP contribution in [0.1, 0.15) is 12.8 Å². The number of halogens is 3. The van der Waals surface area contributed by atoms with E-state index < -0.39 is 18.6 Å². The van der Waals surface area contributed by atoms with Crippen LogP contribution in [-0.2, 0) is 4.79 Å². The van der Waals surface area contributed by atoms with Gasteiger partial charge in [0, 0.05) is 13.1 Å². The van der Waals surface area contributed by atoms with Crippen LogP contribution in [0.5, 0.6) is 0 Å². The average molecular weight is 185 g/mol. The van der Waals surface area contributed by atoms with Gasteiger partial charge in [0.2, 0.25) is 0 Å². The maximum Gasteiger partial charge on any atom is 0.390 e. The number of carboxylic acid groups (broad SMARTS) is 1. The van der Waals surface area contributed by atoms with Crippen molar-refractivity contribution in [1.29, 1.82) is 0 Å². The van der Waals surface area contributed by atoms with Gasteiger partial charge in [-0.3, -0.25) is 4.79 Å². The minimum atomic E-state index is -4.17. The van der Waals surface area contributed by atoms with Gasteiger partial charge in [0.1, 0.15) is 0 Å². The number of alkyl halides is 3. The van der Waals surface area contributed by atoms with Crippen molar-refractivity contribution in [2.45, 2.75) is 19.0 Å². The summed E-state index contributed by atoms with van der Waals surface area (Å²) >= 11 is 0. The first-order valence-corrected chi connectivity index (χ1v) is 3.41. The van der Waals surface area contributed by atoms with Crippen molar-refractivity contribution in [3.8, 4) is 0 Å². The van der Waals surface area contributed by atoms with Crippen molar-refractivity contribution < 1.29 is 23.1 Å². The van der Waals surface area contributed by atoms with Crippen LogP contribution in [0.25, 0.3) is 0 Å². The number of carbonyl (C=O) groups is 1. The molecule has 0 aliphatic rings. The van der Waals surface area contributed by atoms with E-state index in [4.69, 9.17) is 5.11 Å². The quantitative estimate of drug-likeness (QED) is 0.628. The van der Waals surface area contributed by atoms with Crippen molar-refractivity contribution >= 4 is 5.97 Å².